The molecule has 0 saturated carbocycles. The summed E-state index contributed by atoms with van der Waals surface area (Å²) in [6, 6.07) is 7.33. The third-order valence-corrected chi connectivity index (χ3v) is 6.27. The van der Waals surface area contributed by atoms with E-state index in [0.29, 0.717) is 11.5 Å². The van der Waals surface area contributed by atoms with Gasteiger partial charge in [0.2, 0.25) is 0 Å². The lowest BCUT2D eigenvalue weighted by molar-refractivity contribution is 0.0167. The number of H-pyrrole nitrogens is 1. The highest BCUT2D eigenvalue weighted by molar-refractivity contribution is 5.83. The molecule has 0 amide bonds. The zero-order valence-corrected chi connectivity index (χ0v) is 14.6. The Morgan fingerprint density at radius 1 is 1.30 bits per heavy atom. The summed E-state index contributed by atoms with van der Waals surface area (Å²) >= 11 is 0. The number of aromatic amines is 1. The molecule has 1 N–H and O–H groups in total. The first-order valence-electron chi connectivity index (χ1n) is 9.08. The molecule has 1 saturated heterocycles. The molecule has 122 valence electrons. The van der Waals surface area contributed by atoms with Crippen molar-refractivity contribution >= 4 is 10.9 Å². The van der Waals surface area contributed by atoms with E-state index in [-0.39, 0.29) is 0 Å². The van der Waals surface area contributed by atoms with Crippen molar-refractivity contribution in [2.45, 2.75) is 46.1 Å². The van der Waals surface area contributed by atoms with Crippen LogP contribution in [0.1, 0.15) is 37.8 Å². The van der Waals surface area contributed by atoms with Gasteiger partial charge in [0, 0.05) is 36.2 Å². The predicted molar refractivity (Wildman–Crippen MR) is 97.7 cm³/mol. The van der Waals surface area contributed by atoms with Gasteiger partial charge >= 0.3 is 0 Å². The largest absolute Gasteiger partial charge is 0.361 e. The quantitative estimate of drug-likeness (QED) is 0.811. The molecule has 2 bridgehead atoms. The first-order chi connectivity index (χ1) is 11.1. The van der Waals surface area contributed by atoms with Crippen molar-refractivity contribution in [2.24, 2.45) is 11.3 Å². The number of aromatic nitrogens is 1. The molecular formula is C21H28N2. The molecule has 23 heavy (non-hydrogen) atoms. The van der Waals surface area contributed by atoms with E-state index in [4.69, 9.17) is 0 Å². The highest BCUT2D eigenvalue weighted by Gasteiger charge is 2.44. The minimum atomic E-state index is 0.467. The van der Waals surface area contributed by atoms with Gasteiger partial charge in [-0.15, -0.1) is 0 Å². The number of fused-ring (bicyclic) bond motifs is 3. The fourth-order valence-electron chi connectivity index (χ4n) is 4.73. The summed E-state index contributed by atoms with van der Waals surface area (Å²) in [5, 5.41) is 1.40. The molecule has 2 heteroatoms. The monoisotopic (exact) mass is 308 g/mol. The van der Waals surface area contributed by atoms with Crippen molar-refractivity contribution in [3.63, 3.8) is 0 Å². The van der Waals surface area contributed by atoms with Crippen LogP contribution in [0, 0.1) is 18.3 Å². The lowest BCUT2D eigenvalue weighted by Crippen LogP contribution is -2.55. The van der Waals surface area contributed by atoms with Gasteiger partial charge < -0.3 is 4.98 Å². The molecule has 2 aromatic rings. The van der Waals surface area contributed by atoms with Crippen LogP contribution in [0.15, 0.2) is 36.5 Å². The lowest BCUT2D eigenvalue weighted by Gasteiger charge is -2.52. The van der Waals surface area contributed by atoms with Gasteiger partial charge in [-0.2, -0.15) is 0 Å². The third kappa shape index (κ3) is 2.53. The molecule has 1 aliphatic carbocycles. The predicted octanol–water partition coefficient (Wildman–Crippen LogP) is 4.70. The maximum atomic E-state index is 3.43. The Bertz CT molecular complexity index is 741. The van der Waals surface area contributed by atoms with Crippen LogP contribution in [0.4, 0.5) is 0 Å². The van der Waals surface area contributed by atoms with E-state index >= 15 is 0 Å². The normalized spacial score (nSPS) is 30.4. The van der Waals surface area contributed by atoms with E-state index in [1.807, 2.05) is 0 Å². The Balaban J connectivity index is 1.53. The van der Waals surface area contributed by atoms with Crippen LogP contribution in [-0.4, -0.2) is 29.0 Å². The molecule has 3 unspecified atom stereocenters. The van der Waals surface area contributed by atoms with Crippen LogP contribution in [0.25, 0.3) is 10.9 Å². The number of aryl methyl sites for hydroxylation is 1. The van der Waals surface area contributed by atoms with E-state index in [2.05, 4.69) is 67.2 Å². The maximum absolute atomic E-state index is 3.43. The van der Waals surface area contributed by atoms with Crippen molar-refractivity contribution in [3.05, 3.63) is 47.7 Å². The molecule has 3 aliphatic rings. The minimum Gasteiger partial charge on any atom is -0.361 e. The summed E-state index contributed by atoms with van der Waals surface area (Å²) < 4.78 is 0. The van der Waals surface area contributed by atoms with E-state index in [0.717, 1.165) is 12.3 Å². The average molecular weight is 308 g/mol. The number of nitrogens with zero attached hydrogens (tertiary/aromatic N) is 1. The van der Waals surface area contributed by atoms with Crippen molar-refractivity contribution in [2.75, 3.05) is 13.1 Å². The molecule has 3 atom stereocenters. The van der Waals surface area contributed by atoms with E-state index < -0.39 is 0 Å². The van der Waals surface area contributed by atoms with Crippen LogP contribution in [0.5, 0.6) is 0 Å². The van der Waals surface area contributed by atoms with Crippen molar-refractivity contribution < 1.29 is 0 Å². The topological polar surface area (TPSA) is 19.0 Å². The molecule has 3 heterocycles. The second-order valence-corrected chi connectivity index (χ2v) is 7.91. The molecular weight excluding hydrogens is 280 g/mol. The standard InChI is InChI=1S/C21H28N2/c1-4-21(3)12-16-6-8-20(21)23(14-16)10-9-17-13-22-19-7-5-15(2)11-18(17)19/h5-8,11,13,16,20,22H,4,9-10,12,14H2,1-3H3. The van der Waals surface area contributed by atoms with Crippen LogP contribution in [0.2, 0.25) is 0 Å². The summed E-state index contributed by atoms with van der Waals surface area (Å²) in [5.41, 5.74) is 4.54. The summed E-state index contributed by atoms with van der Waals surface area (Å²) in [6.45, 7) is 9.43. The summed E-state index contributed by atoms with van der Waals surface area (Å²) in [5.74, 6) is 0.759. The Kier molecular flexibility index (Phi) is 3.60. The molecule has 1 aromatic carbocycles. The molecule has 0 radical (unpaired) electrons. The van der Waals surface area contributed by atoms with E-state index in [1.54, 1.807) is 0 Å². The molecule has 1 aromatic heterocycles. The van der Waals surface area contributed by atoms with Crippen molar-refractivity contribution in [1.82, 2.24) is 9.88 Å². The summed E-state index contributed by atoms with van der Waals surface area (Å²) in [4.78, 5) is 6.16. The third-order valence-electron chi connectivity index (χ3n) is 6.27. The molecule has 0 spiro atoms. The van der Waals surface area contributed by atoms with Gasteiger partial charge in [0.1, 0.15) is 0 Å². The smallest absolute Gasteiger partial charge is 0.0456 e. The Morgan fingerprint density at radius 3 is 2.96 bits per heavy atom. The first-order valence-corrected chi connectivity index (χ1v) is 9.08. The second-order valence-electron chi connectivity index (χ2n) is 7.91. The number of benzene rings is 1. The fourth-order valence-corrected chi connectivity index (χ4v) is 4.73. The van der Waals surface area contributed by atoms with Gasteiger partial charge in [0.05, 0.1) is 0 Å². The van der Waals surface area contributed by atoms with Crippen LogP contribution < -0.4 is 0 Å². The number of hydrogen-bond donors (Lipinski definition) is 1. The lowest BCUT2D eigenvalue weighted by atomic mass is 9.65. The van der Waals surface area contributed by atoms with E-state index in [1.165, 1.54) is 48.0 Å². The first kappa shape index (κ1) is 15.0. The molecule has 1 fully saturated rings. The molecule has 2 nitrogen and oxygen atoms in total. The van der Waals surface area contributed by atoms with Gasteiger partial charge in [0.25, 0.3) is 0 Å². The SMILES string of the molecule is CCC1(C)CC2C=CC1N(CCc1c[nH]c3ccc(C)cc13)C2. The molecule has 2 aliphatic heterocycles. The zero-order valence-electron chi connectivity index (χ0n) is 14.6. The van der Waals surface area contributed by atoms with Crippen molar-refractivity contribution in [1.29, 1.82) is 0 Å². The Morgan fingerprint density at radius 2 is 2.17 bits per heavy atom. The van der Waals surface area contributed by atoms with E-state index in [9.17, 15) is 0 Å². The van der Waals surface area contributed by atoms with Crippen LogP contribution in [0.3, 0.4) is 0 Å². The summed E-state index contributed by atoms with van der Waals surface area (Å²) in [6.07, 6.45) is 10.9. The van der Waals surface area contributed by atoms with Gasteiger partial charge in [-0.1, -0.05) is 37.6 Å². The maximum Gasteiger partial charge on any atom is 0.0456 e. The van der Waals surface area contributed by atoms with Gasteiger partial charge in [-0.25, -0.2) is 0 Å². The van der Waals surface area contributed by atoms with Gasteiger partial charge in [-0.05, 0) is 55.2 Å². The number of nitrogens with one attached hydrogen (secondary N) is 1. The highest BCUT2D eigenvalue weighted by Crippen LogP contribution is 2.45. The Hall–Kier alpha value is -1.54. The van der Waals surface area contributed by atoms with Gasteiger partial charge in [-0.3, -0.25) is 4.90 Å². The average Bonchev–Trinajstić information content (AvgIpc) is 2.95. The van der Waals surface area contributed by atoms with Crippen molar-refractivity contribution in [3.8, 4) is 0 Å². The zero-order chi connectivity index (χ0) is 16.0. The minimum absolute atomic E-state index is 0.467. The molecule has 5 rings (SSSR count). The summed E-state index contributed by atoms with van der Waals surface area (Å²) in [7, 11) is 0. The number of hydrogen-bond acceptors (Lipinski definition) is 1. The number of piperidine rings is 1. The second kappa shape index (κ2) is 5.52. The van der Waals surface area contributed by atoms with Crippen LogP contribution in [-0.2, 0) is 6.42 Å². The Labute approximate surface area is 139 Å². The highest BCUT2D eigenvalue weighted by atomic mass is 15.2. The van der Waals surface area contributed by atoms with Gasteiger partial charge in [0.15, 0.2) is 0 Å². The number of rotatable bonds is 4. The van der Waals surface area contributed by atoms with Crippen LogP contribution >= 0.6 is 0 Å². The fraction of sp³-hybridized carbons (Fsp3) is 0.524.